The highest BCUT2D eigenvalue weighted by Gasteiger charge is 2.32. The average Bonchev–Trinajstić information content (AvgIpc) is 2.77. The number of benzene rings is 2. The van der Waals surface area contributed by atoms with Crippen LogP contribution >= 0.6 is 11.6 Å². The molecule has 1 amide bonds. The minimum Gasteiger partial charge on any atom is -0.369 e. The molecule has 11 heteroatoms. The van der Waals surface area contributed by atoms with E-state index < -0.39 is 17.6 Å². The summed E-state index contributed by atoms with van der Waals surface area (Å²) in [7, 11) is 3.37. The molecular weight excluding hydrogens is 469 g/mol. The SMILES string of the molecule is C[C@H](Nc1cncc(Cl)n1)c1cccc(NC(=O)c2cc(N=CN(C)C)cc(C(F)(F)F)c2)c1. The van der Waals surface area contributed by atoms with Gasteiger partial charge in [-0.3, -0.25) is 9.78 Å². The lowest BCUT2D eigenvalue weighted by molar-refractivity contribution is -0.137. The first kappa shape index (κ1) is 25.0. The standard InChI is InChI=1S/C23H22ClF3N6O/c1-14(30-21-12-28-11-20(24)32-21)15-5-4-6-18(8-15)31-22(34)16-7-17(23(25,26)27)10-19(9-16)29-13-33(2)3/h4-14H,1-3H3,(H,30,32)(H,31,34)/t14-/m0/s1. The number of nitrogens with one attached hydrogen (secondary N) is 2. The lowest BCUT2D eigenvalue weighted by Crippen LogP contribution is -2.15. The Morgan fingerprint density at radius 2 is 1.94 bits per heavy atom. The number of hydrogen-bond donors (Lipinski definition) is 2. The van der Waals surface area contributed by atoms with Crippen molar-refractivity contribution in [2.75, 3.05) is 24.7 Å². The number of hydrogen-bond acceptors (Lipinski definition) is 5. The summed E-state index contributed by atoms with van der Waals surface area (Å²) >= 11 is 5.86. The Hall–Kier alpha value is -3.66. The van der Waals surface area contributed by atoms with Gasteiger partial charge in [0.05, 0.1) is 36.0 Å². The van der Waals surface area contributed by atoms with Crippen LogP contribution < -0.4 is 10.6 Å². The summed E-state index contributed by atoms with van der Waals surface area (Å²) in [6, 6.07) is 9.70. The first-order valence-electron chi connectivity index (χ1n) is 10.1. The predicted molar refractivity (Wildman–Crippen MR) is 127 cm³/mol. The van der Waals surface area contributed by atoms with Crippen LogP contribution in [0.25, 0.3) is 0 Å². The van der Waals surface area contributed by atoms with Gasteiger partial charge in [0.1, 0.15) is 11.0 Å². The van der Waals surface area contributed by atoms with Crippen LogP contribution in [0.3, 0.4) is 0 Å². The number of carbonyl (C=O) groups is 1. The number of carbonyl (C=O) groups excluding carboxylic acids is 1. The van der Waals surface area contributed by atoms with E-state index in [4.69, 9.17) is 11.6 Å². The van der Waals surface area contributed by atoms with Crippen molar-refractivity contribution in [2.24, 2.45) is 4.99 Å². The summed E-state index contributed by atoms with van der Waals surface area (Å²) in [5, 5.41) is 6.05. The zero-order chi connectivity index (χ0) is 24.9. The van der Waals surface area contributed by atoms with Crippen LogP contribution in [-0.4, -0.2) is 41.2 Å². The number of rotatable bonds is 7. The van der Waals surface area contributed by atoms with Crippen LogP contribution in [0, 0.1) is 0 Å². The molecule has 3 rings (SSSR count). The Labute approximate surface area is 199 Å². The molecule has 0 fully saturated rings. The number of aliphatic imine (C=N–C) groups is 1. The second kappa shape index (κ2) is 10.5. The Morgan fingerprint density at radius 1 is 1.18 bits per heavy atom. The van der Waals surface area contributed by atoms with E-state index in [1.54, 1.807) is 37.2 Å². The van der Waals surface area contributed by atoms with Crippen LogP contribution in [0.1, 0.15) is 34.5 Å². The lowest BCUT2D eigenvalue weighted by atomic mass is 10.1. The monoisotopic (exact) mass is 490 g/mol. The van der Waals surface area contributed by atoms with Gasteiger partial charge in [0.15, 0.2) is 0 Å². The van der Waals surface area contributed by atoms with Gasteiger partial charge in [0.2, 0.25) is 0 Å². The molecule has 1 heterocycles. The average molecular weight is 491 g/mol. The zero-order valence-electron chi connectivity index (χ0n) is 18.6. The van der Waals surface area contributed by atoms with Crippen LogP contribution in [0.15, 0.2) is 59.9 Å². The van der Waals surface area contributed by atoms with Crippen molar-refractivity contribution < 1.29 is 18.0 Å². The van der Waals surface area contributed by atoms with Crippen LogP contribution in [0.5, 0.6) is 0 Å². The number of alkyl halides is 3. The molecule has 7 nitrogen and oxygen atoms in total. The lowest BCUT2D eigenvalue weighted by Gasteiger charge is -2.16. The van der Waals surface area contributed by atoms with Crippen molar-refractivity contribution in [1.82, 2.24) is 14.9 Å². The summed E-state index contributed by atoms with van der Waals surface area (Å²) in [6.45, 7) is 1.88. The number of halogens is 4. The molecule has 0 spiro atoms. The van der Waals surface area contributed by atoms with E-state index in [9.17, 15) is 18.0 Å². The van der Waals surface area contributed by atoms with Crippen LogP contribution in [0.2, 0.25) is 5.15 Å². The summed E-state index contributed by atoms with van der Waals surface area (Å²) in [5.74, 6) is -0.213. The highest BCUT2D eigenvalue weighted by Crippen LogP contribution is 2.33. The summed E-state index contributed by atoms with van der Waals surface area (Å²) < 4.78 is 40.1. The number of nitrogens with zero attached hydrogens (tertiary/aromatic N) is 4. The fraction of sp³-hybridized carbons (Fsp3) is 0.217. The Kier molecular flexibility index (Phi) is 7.72. The Balaban J connectivity index is 1.82. The van der Waals surface area contributed by atoms with Gasteiger partial charge in [-0.15, -0.1) is 0 Å². The maximum atomic E-state index is 13.4. The molecule has 34 heavy (non-hydrogen) atoms. The third-order valence-corrected chi connectivity index (χ3v) is 4.74. The van der Waals surface area contributed by atoms with Crippen molar-refractivity contribution in [1.29, 1.82) is 0 Å². The van der Waals surface area contributed by atoms with Crippen LogP contribution in [0.4, 0.5) is 30.4 Å². The fourth-order valence-corrected chi connectivity index (χ4v) is 3.12. The maximum Gasteiger partial charge on any atom is 0.416 e. The number of aromatic nitrogens is 2. The van der Waals surface area contributed by atoms with Crippen molar-refractivity contribution in [2.45, 2.75) is 19.1 Å². The van der Waals surface area contributed by atoms with Crippen LogP contribution in [-0.2, 0) is 6.18 Å². The van der Waals surface area contributed by atoms with E-state index in [1.165, 1.54) is 24.8 Å². The molecule has 0 unspecified atom stereocenters. The van der Waals surface area contributed by atoms with Gasteiger partial charge in [0.25, 0.3) is 5.91 Å². The second-order valence-corrected chi connectivity index (χ2v) is 8.03. The molecule has 2 aromatic carbocycles. The maximum absolute atomic E-state index is 13.4. The highest BCUT2D eigenvalue weighted by atomic mass is 35.5. The first-order chi connectivity index (χ1) is 16.0. The normalized spacial score (nSPS) is 12.4. The number of anilines is 2. The largest absolute Gasteiger partial charge is 0.416 e. The minimum atomic E-state index is -4.62. The van der Waals surface area contributed by atoms with E-state index >= 15 is 0 Å². The third kappa shape index (κ3) is 6.92. The quantitative estimate of drug-likeness (QED) is 0.323. The van der Waals surface area contributed by atoms with E-state index in [1.807, 2.05) is 13.0 Å². The molecule has 0 radical (unpaired) electrons. The number of amides is 1. The molecule has 3 aromatic rings. The van der Waals surface area contributed by atoms with Gasteiger partial charge in [-0.25, -0.2) is 9.98 Å². The summed E-state index contributed by atoms with van der Waals surface area (Å²) in [6.07, 6.45) is -0.321. The van der Waals surface area contributed by atoms with Gasteiger partial charge in [-0.05, 0) is 42.8 Å². The molecule has 0 aliphatic heterocycles. The van der Waals surface area contributed by atoms with Crippen molar-refractivity contribution >= 4 is 41.0 Å². The molecule has 178 valence electrons. The van der Waals surface area contributed by atoms with Crippen molar-refractivity contribution in [3.05, 3.63) is 76.7 Å². The molecule has 1 aromatic heterocycles. The first-order valence-corrected chi connectivity index (χ1v) is 10.5. The van der Waals surface area contributed by atoms with E-state index in [2.05, 4.69) is 25.6 Å². The highest BCUT2D eigenvalue weighted by molar-refractivity contribution is 6.29. The molecule has 0 saturated carbocycles. The van der Waals surface area contributed by atoms with Gasteiger partial charge in [-0.1, -0.05) is 23.7 Å². The Bertz CT molecular complexity index is 1200. The Morgan fingerprint density at radius 3 is 2.62 bits per heavy atom. The second-order valence-electron chi connectivity index (χ2n) is 7.65. The van der Waals surface area contributed by atoms with E-state index in [0.29, 0.717) is 11.5 Å². The molecule has 0 bridgehead atoms. The van der Waals surface area contributed by atoms with E-state index in [-0.39, 0.29) is 22.4 Å². The van der Waals surface area contributed by atoms with Gasteiger partial charge < -0.3 is 15.5 Å². The minimum absolute atomic E-state index is 0.0166. The van der Waals surface area contributed by atoms with Crippen molar-refractivity contribution in [3.8, 4) is 0 Å². The molecular formula is C23H22ClF3N6O. The third-order valence-electron chi connectivity index (χ3n) is 4.56. The predicted octanol–water partition coefficient (Wildman–Crippen LogP) is 5.80. The van der Waals surface area contributed by atoms with Gasteiger partial charge in [0, 0.05) is 25.3 Å². The van der Waals surface area contributed by atoms with Crippen molar-refractivity contribution in [3.63, 3.8) is 0 Å². The molecule has 1 atom stereocenters. The zero-order valence-corrected chi connectivity index (χ0v) is 19.3. The summed E-state index contributed by atoms with van der Waals surface area (Å²) in [5.41, 5.74) is 0.124. The molecule has 0 aliphatic rings. The van der Waals surface area contributed by atoms with Gasteiger partial charge >= 0.3 is 6.18 Å². The molecule has 2 N–H and O–H groups in total. The topological polar surface area (TPSA) is 82.5 Å². The van der Waals surface area contributed by atoms with Gasteiger partial charge in [-0.2, -0.15) is 13.2 Å². The molecule has 0 saturated heterocycles. The smallest absolute Gasteiger partial charge is 0.369 e. The summed E-state index contributed by atoms with van der Waals surface area (Å²) in [4.78, 5) is 26.5. The fourth-order valence-electron chi connectivity index (χ4n) is 2.97. The molecule has 0 aliphatic carbocycles. The van der Waals surface area contributed by atoms with E-state index in [0.717, 1.165) is 17.7 Å².